The lowest BCUT2D eigenvalue weighted by molar-refractivity contribution is 0.0564. The van der Waals surface area contributed by atoms with E-state index in [0.717, 1.165) is 34.5 Å². The van der Waals surface area contributed by atoms with Crippen LogP contribution in [0.1, 0.15) is 36.8 Å². The lowest BCUT2D eigenvalue weighted by atomic mass is 9.78. The molecule has 1 N–H and O–H groups in total. The molecule has 0 bridgehead atoms. The molecule has 0 unspecified atom stereocenters. The van der Waals surface area contributed by atoms with Gasteiger partial charge in [0.1, 0.15) is 6.04 Å². The number of hydrogen-bond acceptors (Lipinski definition) is 4. The molecular weight excluding hydrogens is 312 g/mol. The molecule has 1 aliphatic heterocycles. The van der Waals surface area contributed by atoms with Gasteiger partial charge in [-0.25, -0.2) is 8.42 Å². The number of hydrogen-bond donors (Lipinski definition) is 1. The standard InChI is InChI=1S/C17H20N2O3S/c1-3-4-5-6-13-7-9-14(10-8-13)17-15(11-18)19(16(17)12-20)23(2,21)22/h7-10,15-17,20H,3-4,12H2,1-2H3/t15-,16-,17+/m1/s1. The Morgan fingerprint density at radius 2 is 1.96 bits per heavy atom. The van der Waals surface area contributed by atoms with Crippen LogP contribution in [0.5, 0.6) is 0 Å². The molecule has 1 aliphatic rings. The molecule has 1 aromatic rings. The highest BCUT2D eigenvalue weighted by atomic mass is 32.2. The summed E-state index contributed by atoms with van der Waals surface area (Å²) in [7, 11) is -3.52. The van der Waals surface area contributed by atoms with E-state index >= 15 is 0 Å². The minimum absolute atomic E-state index is 0.312. The average Bonchev–Trinajstić information content (AvgIpc) is 2.47. The van der Waals surface area contributed by atoms with Gasteiger partial charge in [-0.1, -0.05) is 30.9 Å². The first-order valence-electron chi connectivity index (χ1n) is 7.51. The topological polar surface area (TPSA) is 81.4 Å². The van der Waals surface area contributed by atoms with Crippen molar-refractivity contribution >= 4 is 10.0 Å². The molecule has 2 rings (SSSR count). The SMILES string of the molecule is CCCC#Cc1ccc([C@H]2[C@@H](C#N)N(S(C)(=O)=O)[C@@H]2CO)cc1. The van der Waals surface area contributed by atoms with Crippen molar-refractivity contribution in [3.05, 3.63) is 35.4 Å². The molecule has 0 amide bonds. The van der Waals surface area contributed by atoms with Crippen LogP contribution >= 0.6 is 0 Å². The number of rotatable bonds is 4. The Balaban J connectivity index is 2.25. The van der Waals surface area contributed by atoms with Crippen LogP contribution in [0.4, 0.5) is 0 Å². The molecule has 3 atom stereocenters. The second-order valence-electron chi connectivity index (χ2n) is 5.62. The summed E-state index contributed by atoms with van der Waals surface area (Å²) in [5.41, 5.74) is 1.73. The first-order valence-corrected chi connectivity index (χ1v) is 9.36. The van der Waals surface area contributed by atoms with Gasteiger partial charge in [0.05, 0.1) is 25.0 Å². The summed E-state index contributed by atoms with van der Waals surface area (Å²) in [6, 6.07) is 8.10. The minimum atomic E-state index is -3.52. The third-order valence-corrected chi connectivity index (χ3v) is 5.23. The van der Waals surface area contributed by atoms with Gasteiger partial charge in [0, 0.05) is 17.9 Å². The maximum Gasteiger partial charge on any atom is 0.212 e. The molecule has 0 saturated carbocycles. The molecule has 1 saturated heterocycles. The number of aliphatic hydroxyl groups is 1. The Hall–Kier alpha value is -1.86. The summed E-state index contributed by atoms with van der Waals surface area (Å²) in [6.45, 7) is 1.76. The second-order valence-corrected chi connectivity index (χ2v) is 7.50. The van der Waals surface area contributed by atoms with E-state index in [-0.39, 0.29) is 12.5 Å². The molecule has 122 valence electrons. The zero-order chi connectivity index (χ0) is 17.0. The fraction of sp³-hybridized carbons (Fsp3) is 0.471. The van der Waals surface area contributed by atoms with Gasteiger partial charge in [0.15, 0.2) is 0 Å². The Morgan fingerprint density at radius 1 is 1.30 bits per heavy atom. The first kappa shape index (κ1) is 17.5. The van der Waals surface area contributed by atoms with Crippen LogP contribution in [-0.2, 0) is 10.0 Å². The van der Waals surface area contributed by atoms with Crippen molar-refractivity contribution in [1.82, 2.24) is 4.31 Å². The van der Waals surface area contributed by atoms with Gasteiger partial charge in [0.2, 0.25) is 10.0 Å². The highest BCUT2D eigenvalue weighted by molar-refractivity contribution is 7.88. The first-order chi connectivity index (χ1) is 10.9. The predicted molar refractivity (Wildman–Crippen MR) is 87.9 cm³/mol. The van der Waals surface area contributed by atoms with E-state index < -0.39 is 22.1 Å². The fourth-order valence-electron chi connectivity index (χ4n) is 2.90. The number of nitrogens with zero attached hydrogens (tertiary/aromatic N) is 2. The van der Waals surface area contributed by atoms with Gasteiger partial charge >= 0.3 is 0 Å². The summed E-state index contributed by atoms with van der Waals surface area (Å²) >= 11 is 0. The lowest BCUT2D eigenvalue weighted by Crippen LogP contribution is -2.64. The molecule has 0 radical (unpaired) electrons. The number of sulfonamides is 1. The summed E-state index contributed by atoms with van der Waals surface area (Å²) < 4.78 is 24.6. The number of nitriles is 1. The maximum atomic E-state index is 11.8. The van der Waals surface area contributed by atoms with Crippen molar-refractivity contribution in [3.8, 4) is 17.9 Å². The summed E-state index contributed by atoms with van der Waals surface area (Å²) in [5.74, 6) is 5.80. The van der Waals surface area contributed by atoms with E-state index in [1.807, 2.05) is 30.3 Å². The molecule has 5 nitrogen and oxygen atoms in total. The monoisotopic (exact) mass is 332 g/mol. The van der Waals surface area contributed by atoms with Crippen LogP contribution in [0.3, 0.4) is 0 Å². The average molecular weight is 332 g/mol. The molecule has 0 aromatic heterocycles. The molecule has 1 aromatic carbocycles. The van der Waals surface area contributed by atoms with Crippen molar-refractivity contribution in [2.45, 2.75) is 37.8 Å². The summed E-state index contributed by atoms with van der Waals surface area (Å²) in [6.07, 6.45) is 2.91. The van der Waals surface area contributed by atoms with E-state index in [1.165, 1.54) is 0 Å². The normalized spacial score (nSPS) is 24.2. The smallest absolute Gasteiger partial charge is 0.212 e. The van der Waals surface area contributed by atoms with Crippen molar-refractivity contribution in [2.75, 3.05) is 12.9 Å². The van der Waals surface area contributed by atoms with E-state index in [0.29, 0.717) is 0 Å². The zero-order valence-electron chi connectivity index (χ0n) is 13.2. The number of unbranched alkanes of at least 4 members (excludes halogenated alkanes) is 1. The van der Waals surface area contributed by atoms with Gasteiger partial charge in [-0.05, 0) is 24.1 Å². The molecule has 0 aliphatic carbocycles. The van der Waals surface area contributed by atoms with Gasteiger partial charge in [0.25, 0.3) is 0 Å². The van der Waals surface area contributed by atoms with Crippen LogP contribution < -0.4 is 0 Å². The van der Waals surface area contributed by atoms with Crippen LogP contribution in [0.25, 0.3) is 0 Å². The summed E-state index contributed by atoms with van der Waals surface area (Å²) in [5, 5.41) is 18.8. The predicted octanol–water partition coefficient (Wildman–Crippen LogP) is 1.45. The molecule has 23 heavy (non-hydrogen) atoms. The number of benzene rings is 1. The Labute approximate surface area is 137 Å². The molecule has 0 spiro atoms. The van der Waals surface area contributed by atoms with Crippen molar-refractivity contribution in [1.29, 1.82) is 5.26 Å². The molecular formula is C17H20N2O3S. The Bertz CT molecular complexity index is 754. The van der Waals surface area contributed by atoms with E-state index in [2.05, 4.69) is 18.8 Å². The summed E-state index contributed by atoms with van der Waals surface area (Å²) in [4.78, 5) is 0. The Kier molecular flexibility index (Phi) is 5.43. The highest BCUT2D eigenvalue weighted by Crippen LogP contribution is 2.41. The van der Waals surface area contributed by atoms with E-state index in [9.17, 15) is 18.8 Å². The molecule has 1 heterocycles. The number of aliphatic hydroxyl groups excluding tert-OH is 1. The second kappa shape index (κ2) is 7.14. The van der Waals surface area contributed by atoms with Crippen molar-refractivity contribution < 1.29 is 13.5 Å². The van der Waals surface area contributed by atoms with Crippen LogP contribution in [-0.4, -0.2) is 42.8 Å². The maximum absolute atomic E-state index is 11.8. The van der Waals surface area contributed by atoms with Gasteiger partial charge in [-0.3, -0.25) is 0 Å². The van der Waals surface area contributed by atoms with Crippen molar-refractivity contribution in [3.63, 3.8) is 0 Å². The van der Waals surface area contributed by atoms with Gasteiger partial charge in [-0.2, -0.15) is 9.57 Å². The quantitative estimate of drug-likeness (QED) is 0.846. The lowest BCUT2D eigenvalue weighted by Gasteiger charge is -2.49. The van der Waals surface area contributed by atoms with E-state index in [4.69, 9.17) is 0 Å². The van der Waals surface area contributed by atoms with Crippen LogP contribution in [0.15, 0.2) is 24.3 Å². The zero-order valence-corrected chi connectivity index (χ0v) is 14.0. The Morgan fingerprint density at radius 3 is 2.43 bits per heavy atom. The largest absolute Gasteiger partial charge is 0.395 e. The molecule has 6 heteroatoms. The van der Waals surface area contributed by atoms with Crippen LogP contribution in [0.2, 0.25) is 0 Å². The molecule has 1 fully saturated rings. The van der Waals surface area contributed by atoms with Crippen molar-refractivity contribution in [2.24, 2.45) is 0 Å². The highest BCUT2D eigenvalue weighted by Gasteiger charge is 2.53. The third kappa shape index (κ3) is 3.56. The van der Waals surface area contributed by atoms with E-state index in [1.54, 1.807) is 0 Å². The fourth-order valence-corrected chi connectivity index (χ4v) is 4.18. The van der Waals surface area contributed by atoms with Gasteiger partial charge < -0.3 is 5.11 Å². The minimum Gasteiger partial charge on any atom is -0.395 e. The third-order valence-electron chi connectivity index (χ3n) is 3.96. The van der Waals surface area contributed by atoms with Crippen LogP contribution in [0, 0.1) is 23.2 Å². The van der Waals surface area contributed by atoms with Gasteiger partial charge in [-0.15, -0.1) is 0 Å².